The van der Waals surface area contributed by atoms with Crippen molar-refractivity contribution >= 4 is 5.91 Å². The minimum Gasteiger partial charge on any atom is -0.497 e. The Kier molecular flexibility index (Phi) is 6.98. The van der Waals surface area contributed by atoms with Gasteiger partial charge in [-0.05, 0) is 43.0 Å². The Labute approximate surface area is 149 Å². The highest BCUT2D eigenvalue weighted by atomic mass is 16.5. The van der Waals surface area contributed by atoms with Crippen molar-refractivity contribution in [1.82, 2.24) is 15.0 Å². The molecule has 0 unspecified atom stereocenters. The fraction of sp³-hybridized carbons (Fsp3) is 0.526. The van der Waals surface area contributed by atoms with E-state index in [0.29, 0.717) is 36.9 Å². The molecule has 0 spiro atoms. The molecule has 0 N–H and O–H groups in total. The van der Waals surface area contributed by atoms with E-state index in [0.717, 1.165) is 24.3 Å². The lowest BCUT2D eigenvalue weighted by atomic mass is 10.1. The quantitative estimate of drug-likeness (QED) is 0.695. The average molecular weight is 345 g/mol. The van der Waals surface area contributed by atoms with Crippen molar-refractivity contribution in [2.45, 2.75) is 39.5 Å². The molecule has 0 saturated carbocycles. The first-order valence-corrected chi connectivity index (χ1v) is 8.70. The number of benzene rings is 1. The Morgan fingerprint density at radius 1 is 1.28 bits per heavy atom. The highest BCUT2D eigenvalue weighted by molar-refractivity contribution is 5.75. The number of hydrogen-bond donors (Lipinski definition) is 0. The van der Waals surface area contributed by atoms with Gasteiger partial charge < -0.3 is 14.2 Å². The van der Waals surface area contributed by atoms with E-state index in [1.165, 1.54) is 0 Å². The Morgan fingerprint density at radius 2 is 2.00 bits per heavy atom. The van der Waals surface area contributed by atoms with Gasteiger partial charge in [-0.15, -0.1) is 0 Å². The van der Waals surface area contributed by atoms with Crippen molar-refractivity contribution in [2.24, 2.45) is 5.92 Å². The van der Waals surface area contributed by atoms with Gasteiger partial charge in [-0.25, -0.2) is 0 Å². The van der Waals surface area contributed by atoms with Crippen LogP contribution in [0.1, 0.15) is 39.0 Å². The predicted octanol–water partition coefficient (Wildman–Crippen LogP) is 3.57. The lowest BCUT2D eigenvalue weighted by Gasteiger charge is -2.18. The molecule has 0 fully saturated rings. The molecular weight excluding hydrogens is 318 g/mol. The van der Waals surface area contributed by atoms with E-state index < -0.39 is 0 Å². The van der Waals surface area contributed by atoms with Crippen LogP contribution in [0.25, 0.3) is 11.4 Å². The van der Waals surface area contributed by atoms with Crippen LogP contribution in [0.2, 0.25) is 0 Å². The number of rotatable bonds is 9. The Bertz CT molecular complexity index is 665. The number of carbonyl (C=O) groups is 1. The third kappa shape index (κ3) is 5.89. The van der Waals surface area contributed by atoms with Crippen LogP contribution in [0.15, 0.2) is 28.8 Å². The van der Waals surface area contributed by atoms with Crippen LogP contribution in [0, 0.1) is 5.92 Å². The molecular formula is C19H27N3O3. The molecule has 1 amide bonds. The summed E-state index contributed by atoms with van der Waals surface area (Å²) in [7, 11) is 3.49. The maximum Gasteiger partial charge on any atom is 0.226 e. The van der Waals surface area contributed by atoms with Crippen LogP contribution in [-0.4, -0.2) is 41.6 Å². The highest BCUT2D eigenvalue weighted by Gasteiger charge is 2.12. The number of aryl methyl sites for hydroxylation is 1. The zero-order valence-electron chi connectivity index (χ0n) is 15.5. The number of nitrogens with zero attached hydrogens (tertiary/aromatic N) is 3. The van der Waals surface area contributed by atoms with Crippen molar-refractivity contribution < 1.29 is 14.1 Å². The van der Waals surface area contributed by atoms with E-state index in [-0.39, 0.29) is 5.91 Å². The van der Waals surface area contributed by atoms with Crippen molar-refractivity contribution in [1.29, 1.82) is 0 Å². The summed E-state index contributed by atoms with van der Waals surface area (Å²) >= 11 is 0. The molecule has 6 heteroatoms. The minimum atomic E-state index is 0.163. The maximum atomic E-state index is 12.1. The van der Waals surface area contributed by atoms with Crippen LogP contribution < -0.4 is 4.74 Å². The molecule has 0 radical (unpaired) electrons. The van der Waals surface area contributed by atoms with E-state index in [1.54, 1.807) is 12.0 Å². The molecule has 1 heterocycles. The van der Waals surface area contributed by atoms with Crippen LogP contribution in [0.5, 0.6) is 5.75 Å². The van der Waals surface area contributed by atoms with Gasteiger partial charge in [0.15, 0.2) is 0 Å². The number of carbonyl (C=O) groups excluding carboxylic acids is 1. The van der Waals surface area contributed by atoms with Crippen molar-refractivity contribution in [3.05, 3.63) is 30.2 Å². The summed E-state index contributed by atoms with van der Waals surface area (Å²) in [6.07, 6.45) is 2.83. The molecule has 0 aliphatic heterocycles. The van der Waals surface area contributed by atoms with Crippen molar-refractivity contribution in [3.8, 4) is 17.1 Å². The SMILES string of the molecule is COc1ccc(-c2noc(CCCC(=O)N(C)CCC(C)C)n2)cc1. The second kappa shape index (κ2) is 9.20. The van der Waals surface area contributed by atoms with Gasteiger partial charge in [-0.1, -0.05) is 19.0 Å². The topological polar surface area (TPSA) is 68.5 Å². The summed E-state index contributed by atoms with van der Waals surface area (Å²) in [5, 5.41) is 4.00. The number of methoxy groups -OCH3 is 1. The first kappa shape index (κ1) is 19.0. The predicted molar refractivity (Wildman–Crippen MR) is 96.3 cm³/mol. The largest absolute Gasteiger partial charge is 0.497 e. The van der Waals surface area contributed by atoms with Crippen LogP contribution in [0.3, 0.4) is 0 Å². The standard InChI is InChI=1S/C19H27N3O3/c1-14(2)12-13-22(3)18(23)7-5-6-17-20-19(21-25-17)15-8-10-16(24-4)11-9-15/h8-11,14H,5-7,12-13H2,1-4H3. The molecule has 1 aromatic heterocycles. The summed E-state index contributed by atoms with van der Waals surface area (Å²) in [4.78, 5) is 18.3. The molecule has 0 aliphatic rings. The Balaban J connectivity index is 1.80. The van der Waals surface area contributed by atoms with Gasteiger partial charge in [0, 0.05) is 32.0 Å². The molecule has 2 rings (SSSR count). The van der Waals surface area contributed by atoms with Crippen LogP contribution >= 0.6 is 0 Å². The summed E-state index contributed by atoms with van der Waals surface area (Å²) in [5.41, 5.74) is 0.875. The van der Waals surface area contributed by atoms with Crippen LogP contribution in [0.4, 0.5) is 0 Å². The molecule has 0 saturated heterocycles. The first-order valence-electron chi connectivity index (χ1n) is 8.70. The fourth-order valence-corrected chi connectivity index (χ4v) is 2.37. The maximum absolute atomic E-state index is 12.1. The van der Waals surface area contributed by atoms with Gasteiger partial charge in [0.25, 0.3) is 0 Å². The molecule has 0 bridgehead atoms. The van der Waals surface area contributed by atoms with E-state index in [4.69, 9.17) is 9.26 Å². The normalized spacial score (nSPS) is 10.9. The van der Waals surface area contributed by atoms with E-state index >= 15 is 0 Å². The zero-order chi connectivity index (χ0) is 18.2. The van der Waals surface area contributed by atoms with Gasteiger partial charge in [0.05, 0.1) is 7.11 Å². The van der Waals surface area contributed by atoms with Crippen molar-refractivity contribution in [3.63, 3.8) is 0 Å². The fourth-order valence-electron chi connectivity index (χ4n) is 2.37. The summed E-state index contributed by atoms with van der Waals surface area (Å²) in [5.74, 6) is 2.66. The van der Waals surface area contributed by atoms with Gasteiger partial charge >= 0.3 is 0 Å². The summed E-state index contributed by atoms with van der Waals surface area (Å²) < 4.78 is 10.4. The zero-order valence-corrected chi connectivity index (χ0v) is 15.5. The second-order valence-corrected chi connectivity index (χ2v) is 6.59. The summed E-state index contributed by atoms with van der Waals surface area (Å²) in [6.45, 7) is 5.13. The second-order valence-electron chi connectivity index (χ2n) is 6.59. The molecule has 0 atom stereocenters. The molecule has 136 valence electrons. The third-order valence-electron chi connectivity index (χ3n) is 4.07. The molecule has 0 aliphatic carbocycles. The smallest absolute Gasteiger partial charge is 0.226 e. The lowest BCUT2D eigenvalue weighted by Crippen LogP contribution is -2.28. The lowest BCUT2D eigenvalue weighted by molar-refractivity contribution is -0.130. The van der Waals surface area contributed by atoms with E-state index in [1.807, 2.05) is 31.3 Å². The third-order valence-corrected chi connectivity index (χ3v) is 4.07. The molecule has 1 aromatic carbocycles. The van der Waals surface area contributed by atoms with E-state index in [9.17, 15) is 4.79 Å². The van der Waals surface area contributed by atoms with Gasteiger partial charge in [-0.2, -0.15) is 4.98 Å². The molecule has 2 aromatic rings. The highest BCUT2D eigenvalue weighted by Crippen LogP contribution is 2.20. The first-order chi connectivity index (χ1) is 12.0. The Morgan fingerprint density at radius 3 is 2.64 bits per heavy atom. The molecule has 6 nitrogen and oxygen atoms in total. The number of hydrogen-bond acceptors (Lipinski definition) is 5. The van der Waals surface area contributed by atoms with Crippen LogP contribution in [-0.2, 0) is 11.2 Å². The minimum absolute atomic E-state index is 0.163. The monoisotopic (exact) mass is 345 g/mol. The summed E-state index contributed by atoms with van der Waals surface area (Å²) in [6, 6.07) is 7.50. The number of aromatic nitrogens is 2. The van der Waals surface area contributed by atoms with Gasteiger partial charge in [-0.3, -0.25) is 4.79 Å². The average Bonchev–Trinajstić information content (AvgIpc) is 3.08. The number of ether oxygens (including phenoxy) is 1. The molecule has 25 heavy (non-hydrogen) atoms. The van der Waals surface area contributed by atoms with Crippen molar-refractivity contribution in [2.75, 3.05) is 20.7 Å². The van der Waals surface area contributed by atoms with Gasteiger partial charge in [0.1, 0.15) is 5.75 Å². The van der Waals surface area contributed by atoms with Gasteiger partial charge in [0.2, 0.25) is 17.6 Å². The van der Waals surface area contributed by atoms with E-state index in [2.05, 4.69) is 24.0 Å². The Hall–Kier alpha value is -2.37. The number of amides is 1.